The molecule has 23 heavy (non-hydrogen) atoms. The van der Waals surface area contributed by atoms with E-state index in [1.807, 2.05) is 5.43 Å². The van der Waals surface area contributed by atoms with Gasteiger partial charge in [0.15, 0.2) is 0 Å². The van der Waals surface area contributed by atoms with Crippen LogP contribution >= 0.6 is 0 Å². The number of nitrogens with one attached hydrogen (secondary N) is 1. The predicted molar refractivity (Wildman–Crippen MR) is 79.7 cm³/mol. The number of carbonyl (C=O) groups excluding carboxylic acids is 1. The van der Waals surface area contributed by atoms with Crippen molar-refractivity contribution < 1.29 is 22.0 Å². The smallest absolute Gasteiger partial charge is 0.264 e. The van der Waals surface area contributed by atoms with E-state index in [1.54, 1.807) is 0 Å². The summed E-state index contributed by atoms with van der Waals surface area (Å²) in [5, 5.41) is 0. The first-order valence-electron chi connectivity index (χ1n) is 6.38. The summed E-state index contributed by atoms with van der Waals surface area (Å²) in [6, 6.07) is 8.78. The third-order valence-electron chi connectivity index (χ3n) is 2.95. The lowest BCUT2D eigenvalue weighted by Crippen LogP contribution is -2.43. The Morgan fingerprint density at radius 3 is 2.30 bits per heavy atom. The minimum absolute atomic E-state index is 0.0575. The monoisotopic (exact) mass is 341 g/mol. The van der Waals surface area contributed by atoms with E-state index in [-0.39, 0.29) is 10.6 Å². The van der Waals surface area contributed by atoms with Crippen LogP contribution in [-0.4, -0.2) is 20.9 Å². The van der Waals surface area contributed by atoms with Crippen LogP contribution in [0.4, 0.5) is 14.5 Å². The predicted octanol–water partition coefficient (Wildman–Crippen LogP) is 1.15. The second kappa shape index (κ2) is 6.71. The number of anilines is 1. The first-order valence-corrected chi connectivity index (χ1v) is 7.82. The Labute approximate surface area is 131 Å². The van der Waals surface area contributed by atoms with Crippen LogP contribution in [0.2, 0.25) is 0 Å². The molecule has 0 heterocycles. The third-order valence-corrected chi connectivity index (χ3v) is 4.73. The Morgan fingerprint density at radius 1 is 1.09 bits per heavy atom. The number of hydrogen-bond donors (Lipinski definition) is 2. The molecule has 2 aromatic carbocycles. The number of hydrazine groups is 1. The summed E-state index contributed by atoms with van der Waals surface area (Å²) in [5.41, 5.74) is 1.76. The fraction of sp³-hybridized carbons (Fsp3) is 0.0714. The third kappa shape index (κ3) is 3.82. The summed E-state index contributed by atoms with van der Waals surface area (Å²) in [4.78, 5) is 11.3. The van der Waals surface area contributed by atoms with Crippen molar-refractivity contribution in [2.45, 2.75) is 4.90 Å². The van der Waals surface area contributed by atoms with Gasteiger partial charge in [0.05, 0.1) is 10.6 Å². The van der Waals surface area contributed by atoms with Crippen LogP contribution in [0.1, 0.15) is 0 Å². The van der Waals surface area contributed by atoms with Crippen molar-refractivity contribution in [3.8, 4) is 0 Å². The highest BCUT2D eigenvalue weighted by molar-refractivity contribution is 7.92. The van der Waals surface area contributed by atoms with Gasteiger partial charge in [-0.1, -0.05) is 6.07 Å². The van der Waals surface area contributed by atoms with Crippen molar-refractivity contribution in [3.05, 3.63) is 60.2 Å². The van der Waals surface area contributed by atoms with Gasteiger partial charge >= 0.3 is 0 Å². The molecule has 9 heteroatoms. The molecule has 0 aromatic heterocycles. The average Bonchev–Trinajstić information content (AvgIpc) is 2.52. The average molecular weight is 341 g/mol. The summed E-state index contributed by atoms with van der Waals surface area (Å²) in [6.07, 6.45) is 0. The molecule has 6 nitrogen and oxygen atoms in total. The van der Waals surface area contributed by atoms with Gasteiger partial charge in [0, 0.05) is 0 Å². The van der Waals surface area contributed by atoms with E-state index in [9.17, 15) is 22.0 Å². The van der Waals surface area contributed by atoms with E-state index in [0.29, 0.717) is 4.31 Å². The lowest BCUT2D eigenvalue weighted by atomic mass is 10.3. The van der Waals surface area contributed by atoms with Gasteiger partial charge in [-0.2, -0.15) is 0 Å². The zero-order valence-electron chi connectivity index (χ0n) is 11.7. The molecule has 2 rings (SSSR count). The molecule has 0 unspecified atom stereocenters. The highest BCUT2D eigenvalue weighted by Crippen LogP contribution is 2.24. The minimum atomic E-state index is -4.21. The number of carbonyl (C=O) groups is 1. The van der Waals surface area contributed by atoms with Crippen molar-refractivity contribution in [3.63, 3.8) is 0 Å². The van der Waals surface area contributed by atoms with Crippen LogP contribution in [0.3, 0.4) is 0 Å². The van der Waals surface area contributed by atoms with Gasteiger partial charge in [0.25, 0.3) is 15.9 Å². The van der Waals surface area contributed by atoms with Crippen molar-refractivity contribution in [1.29, 1.82) is 0 Å². The van der Waals surface area contributed by atoms with Gasteiger partial charge in [0.2, 0.25) is 0 Å². The number of hydrogen-bond acceptors (Lipinski definition) is 4. The van der Waals surface area contributed by atoms with Gasteiger partial charge in [-0.3, -0.25) is 14.5 Å². The number of benzene rings is 2. The molecule has 1 amide bonds. The zero-order valence-corrected chi connectivity index (χ0v) is 12.6. The number of nitrogens with zero attached hydrogens (tertiary/aromatic N) is 1. The summed E-state index contributed by atoms with van der Waals surface area (Å²) in [7, 11) is -4.21. The highest BCUT2D eigenvalue weighted by atomic mass is 32.2. The van der Waals surface area contributed by atoms with Crippen LogP contribution in [0.25, 0.3) is 0 Å². The first-order chi connectivity index (χ1) is 10.8. The van der Waals surface area contributed by atoms with Gasteiger partial charge in [-0.05, 0) is 42.5 Å². The molecule has 0 spiro atoms. The molecule has 2 aromatic rings. The van der Waals surface area contributed by atoms with Gasteiger partial charge in [0.1, 0.15) is 18.2 Å². The Hall–Kier alpha value is -2.52. The molecule has 0 aliphatic heterocycles. The highest BCUT2D eigenvalue weighted by Gasteiger charge is 2.27. The fourth-order valence-corrected chi connectivity index (χ4v) is 3.27. The molecule has 0 aliphatic carbocycles. The maximum absolute atomic E-state index is 13.4. The van der Waals surface area contributed by atoms with E-state index in [0.717, 1.165) is 36.4 Å². The Morgan fingerprint density at radius 2 is 1.74 bits per heavy atom. The molecule has 122 valence electrons. The first kappa shape index (κ1) is 16.8. The quantitative estimate of drug-likeness (QED) is 0.485. The van der Waals surface area contributed by atoms with Crippen molar-refractivity contribution in [2.24, 2.45) is 5.84 Å². The molecule has 0 radical (unpaired) electrons. The number of halogens is 2. The Kier molecular flexibility index (Phi) is 4.92. The number of rotatable bonds is 5. The number of nitrogens with two attached hydrogens (primary N) is 1. The van der Waals surface area contributed by atoms with E-state index >= 15 is 0 Å². The maximum atomic E-state index is 13.4. The Balaban J connectivity index is 2.51. The van der Waals surface area contributed by atoms with Crippen LogP contribution in [-0.2, 0) is 14.8 Å². The van der Waals surface area contributed by atoms with Gasteiger partial charge in [-0.25, -0.2) is 23.0 Å². The van der Waals surface area contributed by atoms with Crippen molar-refractivity contribution in [1.82, 2.24) is 5.43 Å². The van der Waals surface area contributed by atoms with Crippen LogP contribution in [0, 0.1) is 11.6 Å². The summed E-state index contributed by atoms with van der Waals surface area (Å²) < 4.78 is 52.4. The van der Waals surface area contributed by atoms with E-state index in [2.05, 4.69) is 0 Å². The molecule has 0 saturated heterocycles. The van der Waals surface area contributed by atoms with E-state index < -0.39 is 34.1 Å². The number of amides is 1. The summed E-state index contributed by atoms with van der Waals surface area (Å²) in [6.45, 7) is -0.653. The number of sulfonamides is 1. The summed E-state index contributed by atoms with van der Waals surface area (Å²) >= 11 is 0. The molecule has 0 aliphatic rings. The topological polar surface area (TPSA) is 92.5 Å². The molecule has 0 atom stereocenters. The lowest BCUT2D eigenvalue weighted by Gasteiger charge is -2.23. The van der Waals surface area contributed by atoms with Crippen molar-refractivity contribution >= 4 is 21.6 Å². The van der Waals surface area contributed by atoms with Crippen LogP contribution < -0.4 is 15.6 Å². The van der Waals surface area contributed by atoms with Gasteiger partial charge in [-0.15, -0.1) is 0 Å². The molecule has 0 saturated carbocycles. The maximum Gasteiger partial charge on any atom is 0.264 e. The molecule has 0 fully saturated rings. The second-order valence-electron chi connectivity index (χ2n) is 4.51. The van der Waals surface area contributed by atoms with E-state index in [1.165, 1.54) is 12.1 Å². The zero-order chi connectivity index (χ0) is 17.0. The molecular formula is C14H13F2N3O3S. The molecular weight excluding hydrogens is 328 g/mol. The summed E-state index contributed by atoms with van der Waals surface area (Å²) in [5.74, 6) is 2.91. The second-order valence-corrected chi connectivity index (χ2v) is 6.38. The minimum Gasteiger partial charge on any atom is -0.293 e. The SMILES string of the molecule is NNC(=O)CN(c1cccc(F)c1)S(=O)(=O)c1ccc(F)cc1. The van der Waals surface area contributed by atoms with Gasteiger partial charge < -0.3 is 0 Å². The normalized spacial score (nSPS) is 11.1. The largest absolute Gasteiger partial charge is 0.293 e. The molecule has 3 N–H and O–H groups in total. The van der Waals surface area contributed by atoms with Crippen LogP contribution in [0.15, 0.2) is 53.4 Å². The lowest BCUT2D eigenvalue weighted by molar-refractivity contribution is -0.119. The van der Waals surface area contributed by atoms with E-state index in [4.69, 9.17) is 5.84 Å². The Bertz CT molecular complexity index is 810. The fourth-order valence-electron chi connectivity index (χ4n) is 1.86. The molecule has 0 bridgehead atoms. The van der Waals surface area contributed by atoms with Crippen LogP contribution in [0.5, 0.6) is 0 Å². The van der Waals surface area contributed by atoms with Crippen molar-refractivity contribution in [2.75, 3.05) is 10.8 Å². The standard InChI is InChI=1S/C14H13F2N3O3S/c15-10-4-6-13(7-5-10)23(21,22)19(9-14(20)18-17)12-3-1-2-11(16)8-12/h1-8H,9,17H2,(H,18,20).